The maximum absolute atomic E-state index is 11.1. The molecule has 0 unspecified atom stereocenters. The first-order chi connectivity index (χ1) is 6.72. The molecule has 4 heteroatoms. The summed E-state index contributed by atoms with van der Waals surface area (Å²) in [6.45, 7) is 0.575. The molecular formula is C10H12BrNOS. The van der Waals surface area contributed by atoms with Crippen LogP contribution < -0.4 is 5.32 Å². The predicted molar refractivity (Wildman–Crippen MR) is 64.5 cm³/mol. The minimum Gasteiger partial charge on any atom is -0.352 e. The maximum atomic E-state index is 11.1. The Balaban J connectivity index is 2.41. The van der Waals surface area contributed by atoms with Gasteiger partial charge in [0.15, 0.2) is 0 Å². The Morgan fingerprint density at radius 3 is 2.93 bits per heavy atom. The quantitative estimate of drug-likeness (QED) is 0.811. The Kier molecular flexibility index (Phi) is 5.04. The second kappa shape index (κ2) is 6.09. The highest BCUT2D eigenvalue weighted by molar-refractivity contribution is 9.10. The van der Waals surface area contributed by atoms with Gasteiger partial charge in [-0.1, -0.05) is 28.1 Å². The van der Waals surface area contributed by atoms with Gasteiger partial charge in [0.05, 0.1) is 0 Å². The minimum atomic E-state index is 0.0416. The molecule has 0 saturated carbocycles. The van der Waals surface area contributed by atoms with Crippen molar-refractivity contribution in [3.8, 4) is 0 Å². The first-order valence-electron chi connectivity index (χ1n) is 4.34. The van der Waals surface area contributed by atoms with E-state index in [1.54, 1.807) is 0 Å². The summed E-state index contributed by atoms with van der Waals surface area (Å²) in [5.74, 6) is 0.629. The summed E-state index contributed by atoms with van der Waals surface area (Å²) in [6.07, 6.45) is 0.469. The van der Waals surface area contributed by atoms with Gasteiger partial charge in [0.1, 0.15) is 0 Å². The van der Waals surface area contributed by atoms with E-state index >= 15 is 0 Å². The van der Waals surface area contributed by atoms with Crippen molar-refractivity contribution >= 4 is 34.5 Å². The van der Waals surface area contributed by atoms with Crippen molar-refractivity contribution in [2.75, 3.05) is 5.75 Å². The van der Waals surface area contributed by atoms with Crippen LogP contribution in [0, 0.1) is 0 Å². The first-order valence-corrected chi connectivity index (χ1v) is 5.77. The van der Waals surface area contributed by atoms with Crippen LogP contribution in [0.4, 0.5) is 0 Å². The highest BCUT2D eigenvalue weighted by Gasteiger charge is 1.99. The van der Waals surface area contributed by atoms with Gasteiger partial charge >= 0.3 is 0 Å². The van der Waals surface area contributed by atoms with Gasteiger partial charge in [-0.2, -0.15) is 12.6 Å². The number of nitrogens with one attached hydrogen (secondary N) is 1. The van der Waals surface area contributed by atoms with Crippen LogP contribution in [-0.2, 0) is 11.3 Å². The van der Waals surface area contributed by atoms with Gasteiger partial charge in [0.25, 0.3) is 0 Å². The molecule has 0 aromatic heterocycles. The topological polar surface area (TPSA) is 29.1 Å². The molecule has 14 heavy (non-hydrogen) atoms. The van der Waals surface area contributed by atoms with Crippen molar-refractivity contribution in [1.29, 1.82) is 0 Å². The molecule has 1 rings (SSSR count). The van der Waals surface area contributed by atoms with E-state index in [2.05, 4.69) is 33.9 Å². The SMILES string of the molecule is O=C(CCS)NCc1cccc(Br)c1. The Labute approximate surface area is 97.6 Å². The standard InChI is InChI=1S/C10H12BrNOS/c11-9-3-1-2-8(6-9)7-12-10(13)4-5-14/h1-3,6,14H,4-5,7H2,(H,12,13). The molecule has 0 aliphatic heterocycles. The number of amides is 1. The summed E-state index contributed by atoms with van der Waals surface area (Å²) in [5.41, 5.74) is 1.09. The molecule has 0 spiro atoms. The van der Waals surface area contributed by atoms with Crippen molar-refractivity contribution in [2.45, 2.75) is 13.0 Å². The Hall–Kier alpha value is -0.480. The molecule has 0 aliphatic rings. The van der Waals surface area contributed by atoms with Crippen LogP contribution in [0.25, 0.3) is 0 Å². The van der Waals surface area contributed by atoms with Gasteiger partial charge in [0.2, 0.25) is 5.91 Å². The van der Waals surface area contributed by atoms with E-state index < -0.39 is 0 Å². The van der Waals surface area contributed by atoms with E-state index in [0.29, 0.717) is 18.7 Å². The first kappa shape index (κ1) is 11.6. The number of thiol groups is 1. The minimum absolute atomic E-state index is 0.0416. The lowest BCUT2D eigenvalue weighted by atomic mass is 10.2. The molecule has 76 valence electrons. The molecule has 0 atom stereocenters. The molecule has 1 aromatic carbocycles. The summed E-state index contributed by atoms with van der Waals surface area (Å²) >= 11 is 7.36. The molecule has 0 bridgehead atoms. The average Bonchev–Trinajstić information content (AvgIpc) is 2.15. The number of hydrogen-bond acceptors (Lipinski definition) is 2. The van der Waals surface area contributed by atoms with Crippen LogP contribution in [0.1, 0.15) is 12.0 Å². The Morgan fingerprint density at radius 2 is 2.29 bits per heavy atom. The molecule has 0 radical (unpaired) electrons. The number of carbonyl (C=O) groups excluding carboxylic acids is 1. The van der Waals surface area contributed by atoms with Crippen molar-refractivity contribution in [1.82, 2.24) is 5.32 Å². The third-order valence-electron chi connectivity index (χ3n) is 1.72. The highest BCUT2D eigenvalue weighted by atomic mass is 79.9. The van der Waals surface area contributed by atoms with Crippen molar-refractivity contribution < 1.29 is 4.79 Å². The normalized spacial score (nSPS) is 9.86. The second-order valence-electron chi connectivity index (χ2n) is 2.88. The number of carbonyl (C=O) groups is 1. The monoisotopic (exact) mass is 273 g/mol. The van der Waals surface area contributed by atoms with E-state index in [1.807, 2.05) is 24.3 Å². The molecule has 2 nitrogen and oxygen atoms in total. The number of hydrogen-bond donors (Lipinski definition) is 2. The summed E-state index contributed by atoms with van der Waals surface area (Å²) in [4.78, 5) is 11.1. The Bertz CT molecular complexity index is 317. The van der Waals surface area contributed by atoms with Crippen molar-refractivity contribution in [2.24, 2.45) is 0 Å². The average molecular weight is 274 g/mol. The van der Waals surface area contributed by atoms with Crippen LogP contribution in [0.5, 0.6) is 0 Å². The maximum Gasteiger partial charge on any atom is 0.221 e. The lowest BCUT2D eigenvalue weighted by Gasteiger charge is -2.04. The lowest BCUT2D eigenvalue weighted by Crippen LogP contribution is -2.22. The van der Waals surface area contributed by atoms with Crippen LogP contribution in [0.2, 0.25) is 0 Å². The molecule has 0 fully saturated rings. The molecule has 0 saturated heterocycles. The van der Waals surface area contributed by atoms with E-state index in [9.17, 15) is 4.79 Å². The van der Waals surface area contributed by atoms with Gasteiger partial charge < -0.3 is 5.32 Å². The third-order valence-corrected chi connectivity index (χ3v) is 2.43. The number of rotatable bonds is 4. The van der Waals surface area contributed by atoms with Crippen molar-refractivity contribution in [3.05, 3.63) is 34.3 Å². The fraction of sp³-hybridized carbons (Fsp3) is 0.300. The fourth-order valence-electron chi connectivity index (χ4n) is 1.04. The van der Waals surface area contributed by atoms with E-state index in [1.165, 1.54) is 0 Å². The Morgan fingerprint density at radius 1 is 1.50 bits per heavy atom. The molecule has 1 aromatic rings. The summed E-state index contributed by atoms with van der Waals surface area (Å²) in [5, 5.41) is 2.82. The van der Waals surface area contributed by atoms with E-state index in [0.717, 1.165) is 10.0 Å². The highest BCUT2D eigenvalue weighted by Crippen LogP contribution is 2.11. The molecule has 1 N–H and O–H groups in total. The zero-order chi connectivity index (χ0) is 10.4. The summed E-state index contributed by atoms with van der Waals surface area (Å²) < 4.78 is 1.03. The van der Waals surface area contributed by atoms with E-state index in [4.69, 9.17) is 0 Å². The molecule has 0 aliphatic carbocycles. The van der Waals surface area contributed by atoms with Gasteiger partial charge in [-0.3, -0.25) is 4.79 Å². The fourth-order valence-corrected chi connectivity index (χ4v) is 1.69. The summed E-state index contributed by atoms with van der Waals surface area (Å²) in [7, 11) is 0. The lowest BCUT2D eigenvalue weighted by molar-refractivity contribution is -0.120. The zero-order valence-corrected chi connectivity index (χ0v) is 10.1. The zero-order valence-electron chi connectivity index (χ0n) is 7.66. The van der Waals surface area contributed by atoms with Crippen LogP contribution in [-0.4, -0.2) is 11.7 Å². The summed E-state index contributed by atoms with van der Waals surface area (Å²) in [6, 6.07) is 7.87. The van der Waals surface area contributed by atoms with E-state index in [-0.39, 0.29) is 5.91 Å². The van der Waals surface area contributed by atoms with Gasteiger partial charge in [-0.25, -0.2) is 0 Å². The predicted octanol–water partition coefficient (Wildman–Crippen LogP) is 2.39. The van der Waals surface area contributed by atoms with Gasteiger partial charge in [-0.05, 0) is 23.4 Å². The number of benzene rings is 1. The smallest absolute Gasteiger partial charge is 0.221 e. The van der Waals surface area contributed by atoms with Crippen LogP contribution in [0.3, 0.4) is 0 Å². The van der Waals surface area contributed by atoms with Crippen LogP contribution >= 0.6 is 28.6 Å². The molecular weight excluding hydrogens is 262 g/mol. The third kappa shape index (κ3) is 4.15. The number of halogens is 1. The molecule has 0 heterocycles. The van der Waals surface area contributed by atoms with Crippen LogP contribution in [0.15, 0.2) is 28.7 Å². The second-order valence-corrected chi connectivity index (χ2v) is 4.24. The van der Waals surface area contributed by atoms with Crippen molar-refractivity contribution in [3.63, 3.8) is 0 Å². The van der Waals surface area contributed by atoms with Gasteiger partial charge in [0, 0.05) is 17.4 Å². The largest absolute Gasteiger partial charge is 0.352 e. The molecule has 1 amide bonds. The van der Waals surface area contributed by atoms with Gasteiger partial charge in [-0.15, -0.1) is 0 Å².